The third-order valence-corrected chi connectivity index (χ3v) is 2.50. The van der Waals surface area contributed by atoms with Crippen molar-refractivity contribution < 1.29 is 5.11 Å². The molecule has 84 valence electrons. The van der Waals surface area contributed by atoms with Crippen molar-refractivity contribution in [1.82, 2.24) is 5.32 Å². The highest BCUT2D eigenvalue weighted by Crippen LogP contribution is 2.11. The fraction of sp³-hybridized carbons (Fsp3) is 0.538. The van der Waals surface area contributed by atoms with E-state index in [0.717, 1.165) is 13.0 Å². The highest BCUT2D eigenvalue weighted by molar-refractivity contribution is 5.26. The Kier molecular flexibility index (Phi) is 5.19. The minimum absolute atomic E-state index is 0.338. The van der Waals surface area contributed by atoms with Crippen LogP contribution in [0.2, 0.25) is 0 Å². The highest BCUT2D eigenvalue weighted by atomic mass is 16.3. The van der Waals surface area contributed by atoms with Gasteiger partial charge in [-0.25, -0.2) is 0 Å². The van der Waals surface area contributed by atoms with E-state index in [4.69, 9.17) is 5.11 Å². The first-order valence-corrected chi connectivity index (χ1v) is 5.73. The predicted octanol–water partition coefficient (Wildman–Crippen LogP) is 2.71. The van der Waals surface area contributed by atoms with Crippen LogP contribution in [-0.2, 0) is 6.42 Å². The zero-order valence-corrected chi connectivity index (χ0v) is 9.66. The van der Waals surface area contributed by atoms with Gasteiger partial charge in [-0.15, -0.1) is 0 Å². The van der Waals surface area contributed by atoms with Crippen LogP contribution in [0.5, 0.6) is 5.75 Å². The molecule has 0 aliphatic carbocycles. The van der Waals surface area contributed by atoms with E-state index < -0.39 is 0 Å². The number of aromatic hydroxyl groups is 1. The molecule has 0 radical (unpaired) electrons. The summed E-state index contributed by atoms with van der Waals surface area (Å²) in [5.74, 6) is 0.338. The van der Waals surface area contributed by atoms with E-state index in [1.165, 1.54) is 18.4 Å². The highest BCUT2D eigenvalue weighted by Gasteiger charge is 2.02. The van der Waals surface area contributed by atoms with Crippen molar-refractivity contribution in [3.05, 3.63) is 29.8 Å². The van der Waals surface area contributed by atoms with Gasteiger partial charge in [-0.05, 0) is 44.0 Å². The van der Waals surface area contributed by atoms with Gasteiger partial charge < -0.3 is 10.4 Å². The van der Waals surface area contributed by atoms with Gasteiger partial charge in [0.15, 0.2) is 0 Å². The average Bonchev–Trinajstić information content (AvgIpc) is 2.22. The zero-order valence-electron chi connectivity index (χ0n) is 9.66. The van der Waals surface area contributed by atoms with Crippen LogP contribution in [0, 0.1) is 0 Å². The molecule has 2 heteroatoms. The Morgan fingerprint density at radius 3 is 2.53 bits per heavy atom. The lowest BCUT2D eigenvalue weighted by atomic mass is 10.1. The SMILES string of the molecule is CCCCNC(C)Cc1ccc(O)cc1. The Bertz CT molecular complexity index is 268. The maximum Gasteiger partial charge on any atom is 0.115 e. The van der Waals surface area contributed by atoms with Crippen LogP contribution in [0.25, 0.3) is 0 Å². The van der Waals surface area contributed by atoms with Crippen LogP contribution in [0.3, 0.4) is 0 Å². The van der Waals surface area contributed by atoms with E-state index >= 15 is 0 Å². The van der Waals surface area contributed by atoms with Gasteiger partial charge in [0.25, 0.3) is 0 Å². The summed E-state index contributed by atoms with van der Waals surface area (Å²) >= 11 is 0. The van der Waals surface area contributed by atoms with Crippen molar-refractivity contribution in [2.75, 3.05) is 6.54 Å². The topological polar surface area (TPSA) is 32.3 Å². The fourth-order valence-corrected chi connectivity index (χ4v) is 1.58. The third kappa shape index (κ3) is 4.84. The summed E-state index contributed by atoms with van der Waals surface area (Å²) in [6.45, 7) is 5.49. The lowest BCUT2D eigenvalue weighted by Gasteiger charge is -2.13. The quantitative estimate of drug-likeness (QED) is 0.703. The molecule has 0 saturated carbocycles. The summed E-state index contributed by atoms with van der Waals surface area (Å²) in [5.41, 5.74) is 1.27. The number of hydrogen-bond donors (Lipinski definition) is 2. The molecule has 1 atom stereocenters. The monoisotopic (exact) mass is 207 g/mol. The van der Waals surface area contributed by atoms with Gasteiger partial charge in [0, 0.05) is 6.04 Å². The number of benzene rings is 1. The molecule has 0 aromatic heterocycles. The molecule has 1 rings (SSSR count). The number of phenols is 1. The number of rotatable bonds is 6. The summed E-state index contributed by atoms with van der Waals surface area (Å²) in [6, 6.07) is 7.95. The molecule has 1 aromatic rings. The zero-order chi connectivity index (χ0) is 11.1. The maximum absolute atomic E-state index is 9.15. The number of unbranched alkanes of at least 4 members (excludes halogenated alkanes) is 1. The van der Waals surface area contributed by atoms with Gasteiger partial charge in [-0.3, -0.25) is 0 Å². The summed E-state index contributed by atoms with van der Waals surface area (Å²) in [4.78, 5) is 0. The lowest BCUT2D eigenvalue weighted by molar-refractivity contribution is 0.474. The smallest absolute Gasteiger partial charge is 0.115 e. The second kappa shape index (κ2) is 6.46. The minimum atomic E-state index is 0.338. The molecule has 0 amide bonds. The molecular weight excluding hydrogens is 186 g/mol. The lowest BCUT2D eigenvalue weighted by Crippen LogP contribution is -2.28. The standard InChI is InChI=1S/C13H21NO/c1-3-4-9-14-11(2)10-12-5-7-13(15)8-6-12/h5-8,11,14-15H,3-4,9-10H2,1-2H3. The van der Waals surface area contributed by atoms with Crippen molar-refractivity contribution in [3.63, 3.8) is 0 Å². The van der Waals surface area contributed by atoms with Crippen molar-refractivity contribution in [3.8, 4) is 5.75 Å². The summed E-state index contributed by atoms with van der Waals surface area (Å²) in [6.07, 6.45) is 3.49. The molecule has 0 spiro atoms. The number of phenolic OH excluding ortho intramolecular Hbond substituents is 1. The molecule has 0 bridgehead atoms. The molecule has 0 aliphatic rings. The van der Waals surface area contributed by atoms with Crippen LogP contribution in [0.15, 0.2) is 24.3 Å². The van der Waals surface area contributed by atoms with E-state index in [-0.39, 0.29) is 0 Å². The van der Waals surface area contributed by atoms with Gasteiger partial charge in [0.2, 0.25) is 0 Å². The largest absolute Gasteiger partial charge is 0.508 e. The molecule has 2 nitrogen and oxygen atoms in total. The normalized spacial score (nSPS) is 12.7. The molecule has 15 heavy (non-hydrogen) atoms. The summed E-state index contributed by atoms with van der Waals surface area (Å²) in [5, 5.41) is 12.6. The molecule has 0 saturated heterocycles. The van der Waals surface area contributed by atoms with Crippen molar-refractivity contribution in [2.24, 2.45) is 0 Å². The Labute approximate surface area is 92.3 Å². The van der Waals surface area contributed by atoms with Crippen molar-refractivity contribution in [2.45, 2.75) is 39.2 Å². The first-order chi connectivity index (χ1) is 7.22. The van der Waals surface area contributed by atoms with Gasteiger partial charge in [-0.1, -0.05) is 25.5 Å². The van der Waals surface area contributed by atoms with Crippen LogP contribution in [-0.4, -0.2) is 17.7 Å². The Balaban J connectivity index is 2.31. The van der Waals surface area contributed by atoms with Crippen LogP contribution in [0.1, 0.15) is 32.3 Å². The number of nitrogens with one attached hydrogen (secondary N) is 1. The molecule has 0 aliphatic heterocycles. The molecule has 1 aromatic carbocycles. The van der Waals surface area contributed by atoms with Crippen molar-refractivity contribution in [1.29, 1.82) is 0 Å². The van der Waals surface area contributed by atoms with E-state index in [9.17, 15) is 0 Å². The molecule has 2 N–H and O–H groups in total. The Morgan fingerprint density at radius 1 is 1.27 bits per heavy atom. The third-order valence-electron chi connectivity index (χ3n) is 2.50. The number of hydrogen-bond acceptors (Lipinski definition) is 2. The van der Waals surface area contributed by atoms with Crippen LogP contribution < -0.4 is 5.32 Å². The van der Waals surface area contributed by atoms with Gasteiger partial charge in [0.1, 0.15) is 5.75 Å². The predicted molar refractivity (Wildman–Crippen MR) is 64.2 cm³/mol. The first-order valence-electron chi connectivity index (χ1n) is 5.73. The van der Waals surface area contributed by atoms with Gasteiger partial charge in [0.05, 0.1) is 0 Å². The summed E-state index contributed by atoms with van der Waals surface area (Å²) in [7, 11) is 0. The Morgan fingerprint density at radius 2 is 1.93 bits per heavy atom. The molecular formula is C13H21NO. The van der Waals surface area contributed by atoms with E-state index in [2.05, 4.69) is 19.2 Å². The second-order valence-corrected chi connectivity index (χ2v) is 4.08. The first kappa shape index (κ1) is 12.1. The Hall–Kier alpha value is -1.02. The average molecular weight is 207 g/mol. The van der Waals surface area contributed by atoms with E-state index in [1.54, 1.807) is 12.1 Å². The van der Waals surface area contributed by atoms with Gasteiger partial charge >= 0.3 is 0 Å². The van der Waals surface area contributed by atoms with Crippen molar-refractivity contribution >= 4 is 0 Å². The fourth-order valence-electron chi connectivity index (χ4n) is 1.58. The minimum Gasteiger partial charge on any atom is -0.508 e. The second-order valence-electron chi connectivity index (χ2n) is 4.08. The van der Waals surface area contributed by atoms with Gasteiger partial charge in [-0.2, -0.15) is 0 Å². The molecule has 0 heterocycles. The van der Waals surface area contributed by atoms with Crippen LogP contribution >= 0.6 is 0 Å². The molecule has 0 fully saturated rings. The van der Waals surface area contributed by atoms with E-state index in [1.807, 2.05) is 12.1 Å². The maximum atomic E-state index is 9.15. The molecule has 1 unspecified atom stereocenters. The van der Waals surface area contributed by atoms with E-state index in [0.29, 0.717) is 11.8 Å². The summed E-state index contributed by atoms with van der Waals surface area (Å²) < 4.78 is 0. The van der Waals surface area contributed by atoms with Crippen LogP contribution in [0.4, 0.5) is 0 Å².